The molecule has 2 N–H and O–H groups in total. The summed E-state index contributed by atoms with van der Waals surface area (Å²) in [6.07, 6.45) is 2.67. The minimum absolute atomic E-state index is 0.397. The van der Waals surface area contributed by atoms with Gasteiger partial charge in [-0.15, -0.1) is 0 Å². The number of hydrogen-bond donors (Lipinski definition) is 1. The van der Waals surface area contributed by atoms with Crippen molar-refractivity contribution in [2.45, 2.75) is 38.1 Å². The van der Waals surface area contributed by atoms with Crippen LogP contribution in [-0.2, 0) is 5.41 Å². The third-order valence-electron chi connectivity index (χ3n) is 3.59. The quantitative estimate of drug-likeness (QED) is 0.694. The molecule has 0 aromatic heterocycles. The number of piperidine rings is 1. The van der Waals surface area contributed by atoms with E-state index in [4.69, 9.17) is 0 Å². The molecule has 1 fully saturated rings. The summed E-state index contributed by atoms with van der Waals surface area (Å²) in [6, 6.07) is 11.7. The summed E-state index contributed by atoms with van der Waals surface area (Å²) >= 11 is 0. The van der Waals surface area contributed by atoms with E-state index >= 15 is 0 Å². The lowest BCUT2D eigenvalue weighted by atomic mass is 9.75. The van der Waals surface area contributed by atoms with Gasteiger partial charge in [-0.3, -0.25) is 0 Å². The molecular weight excluding hydrogens is 170 g/mol. The van der Waals surface area contributed by atoms with Crippen LogP contribution >= 0.6 is 0 Å². The summed E-state index contributed by atoms with van der Waals surface area (Å²) < 4.78 is 0. The van der Waals surface area contributed by atoms with Crippen LogP contribution in [0.25, 0.3) is 0 Å². The molecule has 1 nitrogen and oxygen atoms in total. The molecule has 0 aliphatic carbocycles. The highest BCUT2D eigenvalue weighted by molar-refractivity contribution is 5.24. The Bertz CT molecular complexity index is 283. The summed E-state index contributed by atoms with van der Waals surface area (Å²) in [5.74, 6) is 0. The molecule has 0 saturated carbocycles. The number of nitrogens with two attached hydrogens (primary N) is 1. The summed E-state index contributed by atoms with van der Waals surface area (Å²) in [7, 11) is 0. The van der Waals surface area contributed by atoms with Gasteiger partial charge in [-0.05, 0) is 18.9 Å². The van der Waals surface area contributed by atoms with E-state index in [1.807, 2.05) is 0 Å². The molecule has 0 spiro atoms. The number of rotatable bonds is 1. The second-order valence-corrected chi connectivity index (χ2v) is 4.88. The molecule has 1 aromatic carbocycles. The first kappa shape index (κ1) is 9.72. The molecule has 0 bridgehead atoms. The number of benzene rings is 1. The summed E-state index contributed by atoms with van der Waals surface area (Å²) in [4.78, 5) is 0. The largest absolute Gasteiger partial charge is 0.343 e. The second kappa shape index (κ2) is 3.74. The van der Waals surface area contributed by atoms with Crippen LogP contribution in [0.4, 0.5) is 0 Å². The lowest BCUT2D eigenvalue weighted by molar-refractivity contribution is -0.701. The number of quaternary nitrogens is 1. The highest BCUT2D eigenvalue weighted by Crippen LogP contribution is 2.29. The average Bonchev–Trinajstić information content (AvgIpc) is 2.24. The molecule has 14 heavy (non-hydrogen) atoms. The molecule has 1 saturated heterocycles. The molecule has 1 aliphatic heterocycles. The Hall–Kier alpha value is -0.820. The Morgan fingerprint density at radius 3 is 2.57 bits per heavy atom. The van der Waals surface area contributed by atoms with Gasteiger partial charge in [0.15, 0.2) is 0 Å². The summed E-state index contributed by atoms with van der Waals surface area (Å²) in [5.41, 5.74) is 1.90. The van der Waals surface area contributed by atoms with Crippen LogP contribution in [0.3, 0.4) is 0 Å². The van der Waals surface area contributed by atoms with Gasteiger partial charge in [0, 0.05) is 11.8 Å². The first-order valence-electron chi connectivity index (χ1n) is 5.59. The third kappa shape index (κ3) is 1.83. The van der Waals surface area contributed by atoms with Crippen molar-refractivity contribution in [2.24, 2.45) is 0 Å². The van der Waals surface area contributed by atoms with Crippen molar-refractivity contribution in [1.82, 2.24) is 0 Å². The van der Waals surface area contributed by atoms with Gasteiger partial charge >= 0.3 is 0 Å². The van der Waals surface area contributed by atoms with Gasteiger partial charge < -0.3 is 5.32 Å². The number of hydrogen-bond acceptors (Lipinski definition) is 0. The van der Waals surface area contributed by atoms with Gasteiger partial charge in [-0.1, -0.05) is 37.3 Å². The Morgan fingerprint density at radius 2 is 2.00 bits per heavy atom. The zero-order valence-corrected chi connectivity index (χ0v) is 9.16. The van der Waals surface area contributed by atoms with E-state index in [0.717, 1.165) is 6.04 Å². The first-order valence-corrected chi connectivity index (χ1v) is 5.59. The molecule has 1 heterocycles. The van der Waals surface area contributed by atoms with Crippen LogP contribution in [0.1, 0.15) is 32.3 Å². The van der Waals surface area contributed by atoms with E-state index in [-0.39, 0.29) is 0 Å². The van der Waals surface area contributed by atoms with E-state index in [9.17, 15) is 0 Å². The minimum atomic E-state index is 0.397. The standard InChI is InChI=1S/C13H19N/c1-11-8-9-13(2,10-14-11)12-6-4-3-5-7-12/h3-7,11,14H,8-10H2,1-2H3/p+1/t11-,13+/m0/s1. The van der Waals surface area contributed by atoms with Crippen molar-refractivity contribution in [2.75, 3.05) is 6.54 Å². The SMILES string of the molecule is C[C@H]1CC[C@@](C)(c2ccccc2)C[NH2+]1. The maximum atomic E-state index is 2.48. The lowest BCUT2D eigenvalue weighted by Crippen LogP contribution is -2.93. The molecule has 2 rings (SSSR count). The normalized spacial score (nSPS) is 32.9. The average molecular weight is 190 g/mol. The Labute approximate surface area is 86.5 Å². The molecule has 1 heteroatoms. The van der Waals surface area contributed by atoms with Gasteiger partial charge in [0.05, 0.1) is 12.6 Å². The van der Waals surface area contributed by atoms with Crippen molar-refractivity contribution in [3.63, 3.8) is 0 Å². The van der Waals surface area contributed by atoms with Crippen LogP contribution in [0, 0.1) is 0 Å². The zero-order chi connectivity index (χ0) is 10.0. The third-order valence-corrected chi connectivity index (χ3v) is 3.59. The van der Waals surface area contributed by atoms with Crippen molar-refractivity contribution >= 4 is 0 Å². The molecule has 0 radical (unpaired) electrons. The van der Waals surface area contributed by atoms with Gasteiger partial charge in [-0.25, -0.2) is 0 Å². The van der Waals surface area contributed by atoms with E-state index in [1.165, 1.54) is 24.9 Å². The Morgan fingerprint density at radius 1 is 1.29 bits per heavy atom. The molecule has 2 atom stereocenters. The molecule has 0 unspecified atom stereocenters. The highest BCUT2D eigenvalue weighted by Gasteiger charge is 2.33. The topological polar surface area (TPSA) is 16.6 Å². The summed E-state index contributed by atoms with van der Waals surface area (Å²) in [5, 5.41) is 2.48. The van der Waals surface area contributed by atoms with E-state index in [2.05, 4.69) is 49.5 Å². The zero-order valence-electron chi connectivity index (χ0n) is 9.16. The fourth-order valence-electron chi connectivity index (χ4n) is 2.33. The molecule has 1 aliphatic rings. The monoisotopic (exact) mass is 190 g/mol. The Kier molecular flexibility index (Phi) is 2.60. The molecule has 76 valence electrons. The van der Waals surface area contributed by atoms with E-state index in [1.54, 1.807) is 0 Å². The Balaban J connectivity index is 2.17. The smallest absolute Gasteiger partial charge is 0.0852 e. The lowest BCUT2D eigenvalue weighted by Gasteiger charge is -2.34. The summed E-state index contributed by atoms with van der Waals surface area (Å²) in [6.45, 7) is 5.95. The predicted octanol–water partition coefficient (Wildman–Crippen LogP) is 1.69. The van der Waals surface area contributed by atoms with Crippen molar-refractivity contribution < 1.29 is 5.32 Å². The molecular formula is C13H20N+. The first-order chi connectivity index (χ1) is 6.71. The van der Waals surface area contributed by atoms with Gasteiger partial charge in [0.1, 0.15) is 0 Å². The van der Waals surface area contributed by atoms with E-state index in [0.29, 0.717) is 5.41 Å². The van der Waals surface area contributed by atoms with Crippen LogP contribution in [0.15, 0.2) is 30.3 Å². The van der Waals surface area contributed by atoms with E-state index < -0.39 is 0 Å². The molecule has 0 amide bonds. The fraction of sp³-hybridized carbons (Fsp3) is 0.538. The van der Waals surface area contributed by atoms with Crippen LogP contribution in [0.5, 0.6) is 0 Å². The van der Waals surface area contributed by atoms with Crippen LogP contribution < -0.4 is 5.32 Å². The van der Waals surface area contributed by atoms with Crippen molar-refractivity contribution in [1.29, 1.82) is 0 Å². The second-order valence-electron chi connectivity index (χ2n) is 4.88. The van der Waals surface area contributed by atoms with Gasteiger partial charge in [0.2, 0.25) is 0 Å². The van der Waals surface area contributed by atoms with Gasteiger partial charge in [-0.2, -0.15) is 0 Å². The maximum absolute atomic E-state index is 2.48. The van der Waals surface area contributed by atoms with Crippen molar-refractivity contribution in [3.05, 3.63) is 35.9 Å². The fourth-order valence-corrected chi connectivity index (χ4v) is 2.33. The minimum Gasteiger partial charge on any atom is -0.343 e. The van der Waals surface area contributed by atoms with Crippen molar-refractivity contribution in [3.8, 4) is 0 Å². The molecule has 1 aromatic rings. The van der Waals surface area contributed by atoms with Crippen LogP contribution in [0.2, 0.25) is 0 Å². The predicted molar refractivity (Wildman–Crippen MR) is 59.3 cm³/mol. The van der Waals surface area contributed by atoms with Crippen LogP contribution in [-0.4, -0.2) is 12.6 Å². The maximum Gasteiger partial charge on any atom is 0.0852 e. The highest BCUT2D eigenvalue weighted by atomic mass is 14.9. The van der Waals surface area contributed by atoms with Gasteiger partial charge in [0.25, 0.3) is 0 Å².